The van der Waals surface area contributed by atoms with Crippen LogP contribution in [-0.4, -0.2) is 21.2 Å². The molecule has 1 aromatic carbocycles. The Labute approximate surface area is 86.3 Å². The van der Waals surface area contributed by atoms with Gasteiger partial charge in [0.05, 0.1) is 0 Å². The largest absolute Gasteiger partial charge is 0.328 e. The van der Waals surface area contributed by atoms with E-state index in [4.69, 9.17) is 5.73 Å². The molecule has 0 aliphatic carbocycles. The average Bonchev–Trinajstić information content (AvgIpc) is 2.18. The molecule has 1 unspecified atom stereocenters. The van der Waals surface area contributed by atoms with Gasteiger partial charge in [-0.3, -0.25) is 0 Å². The summed E-state index contributed by atoms with van der Waals surface area (Å²) < 4.78 is 13.3. The zero-order chi connectivity index (χ0) is 10.8. The third kappa shape index (κ3) is 2.07. The van der Waals surface area contributed by atoms with E-state index in [-0.39, 0.29) is 17.4 Å². The van der Waals surface area contributed by atoms with Crippen LogP contribution >= 0.6 is 0 Å². The van der Waals surface area contributed by atoms with Crippen LogP contribution in [0.15, 0.2) is 18.2 Å². The highest BCUT2D eigenvalue weighted by molar-refractivity contribution is 5.73. The van der Waals surface area contributed by atoms with Crippen LogP contribution in [0.1, 0.15) is 12.7 Å². The number of hydrogen-bond donors (Lipinski definition) is 1. The Hall–Kier alpha value is -1.62. The summed E-state index contributed by atoms with van der Waals surface area (Å²) in [4.78, 5) is 4.09. The van der Waals surface area contributed by atoms with Gasteiger partial charge in [-0.25, -0.2) is 9.37 Å². The topological polar surface area (TPSA) is 64.7 Å². The van der Waals surface area contributed by atoms with Gasteiger partial charge in [0.1, 0.15) is 11.0 Å². The molecule has 0 saturated carbocycles. The van der Waals surface area contributed by atoms with Crippen LogP contribution in [-0.2, 0) is 6.42 Å². The number of benzene rings is 1. The van der Waals surface area contributed by atoms with E-state index in [0.717, 1.165) is 0 Å². The maximum absolute atomic E-state index is 13.3. The average molecular weight is 206 g/mol. The molecule has 0 aliphatic heterocycles. The van der Waals surface area contributed by atoms with Crippen LogP contribution in [0.3, 0.4) is 0 Å². The van der Waals surface area contributed by atoms with Gasteiger partial charge in [0, 0.05) is 12.5 Å². The highest BCUT2D eigenvalue weighted by Gasteiger charge is 2.07. The molecule has 0 bridgehead atoms. The van der Waals surface area contributed by atoms with Crippen LogP contribution in [0.5, 0.6) is 0 Å². The van der Waals surface area contributed by atoms with Crippen molar-refractivity contribution in [3.8, 4) is 0 Å². The number of aromatic nitrogens is 3. The summed E-state index contributed by atoms with van der Waals surface area (Å²) in [5.74, 6) is 0.0934. The molecule has 5 heteroatoms. The number of halogens is 1. The summed E-state index contributed by atoms with van der Waals surface area (Å²) in [5.41, 5.74) is 6.32. The first-order valence-electron chi connectivity index (χ1n) is 4.70. The molecule has 0 saturated heterocycles. The first kappa shape index (κ1) is 9.92. The maximum atomic E-state index is 13.3. The smallest absolute Gasteiger partial charge is 0.153 e. The summed E-state index contributed by atoms with van der Waals surface area (Å²) in [7, 11) is 0. The molecule has 1 atom stereocenters. The van der Waals surface area contributed by atoms with Gasteiger partial charge < -0.3 is 5.73 Å². The zero-order valence-corrected chi connectivity index (χ0v) is 8.31. The summed E-state index contributed by atoms with van der Waals surface area (Å²) in [6, 6.07) is 4.55. The van der Waals surface area contributed by atoms with Gasteiger partial charge in [-0.1, -0.05) is 6.07 Å². The van der Waals surface area contributed by atoms with Crippen molar-refractivity contribution in [2.75, 3.05) is 0 Å². The third-order valence-corrected chi connectivity index (χ3v) is 1.98. The Bertz CT molecular complexity index is 484. The molecule has 78 valence electrons. The van der Waals surface area contributed by atoms with Gasteiger partial charge >= 0.3 is 0 Å². The normalized spacial score (nSPS) is 13.0. The molecular weight excluding hydrogens is 195 g/mol. The Morgan fingerprint density at radius 1 is 1.40 bits per heavy atom. The van der Waals surface area contributed by atoms with Crippen LogP contribution in [0.25, 0.3) is 11.0 Å². The van der Waals surface area contributed by atoms with Gasteiger partial charge in [-0.2, -0.15) is 0 Å². The van der Waals surface area contributed by atoms with E-state index in [2.05, 4.69) is 15.2 Å². The molecule has 2 rings (SSSR count). The Morgan fingerprint density at radius 2 is 2.20 bits per heavy atom. The molecule has 4 nitrogen and oxygen atoms in total. The summed E-state index contributed by atoms with van der Waals surface area (Å²) in [6.45, 7) is 1.84. The number of para-hydroxylation sites is 1. The molecule has 2 N–H and O–H groups in total. The van der Waals surface area contributed by atoms with Crippen molar-refractivity contribution >= 4 is 11.0 Å². The first-order valence-corrected chi connectivity index (χ1v) is 4.70. The van der Waals surface area contributed by atoms with Gasteiger partial charge in [-0.15, -0.1) is 10.2 Å². The predicted octanol–water partition coefficient (Wildman–Crippen LogP) is 1.05. The van der Waals surface area contributed by atoms with E-state index in [1.807, 2.05) is 6.92 Å². The molecule has 0 radical (unpaired) electrons. The van der Waals surface area contributed by atoms with Gasteiger partial charge in [0.25, 0.3) is 0 Å². The van der Waals surface area contributed by atoms with Gasteiger partial charge in [0.2, 0.25) is 0 Å². The number of hydrogen-bond acceptors (Lipinski definition) is 4. The fourth-order valence-corrected chi connectivity index (χ4v) is 1.33. The van der Waals surface area contributed by atoms with Crippen LogP contribution < -0.4 is 5.73 Å². The lowest BCUT2D eigenvalue weighted by Crippen LogP contribution is -2.19. The lowest BCUT2D eigenvalue weighted by atomic mass is 10.2. The maximum Gasteiger partial charge on any atom is 0.153 e. The fourth-order valence-electron chi connectivity index (χ4n) is 1.33. The van der Waals surface area contributed by atoms with E-state index in [1.165, 1.54) is 6.07 Å². The minimum Gasteiger partial charge on any atom is -0.328 e. The molecule has 1 heterocycles. The molecule has 0 spiro atoms. The zero-order valence-electron chi connectivity index (χ0n) is 8.31. The summed E-state index contributed by atoms with van der Waals surface area (Å²) >= 11 is 0. The van der Waals surface area contributed by atoms with E-state index < -0.39 is 0 Å². The summed E-state index contributed by atoms with van der Waals surface area (Å²) in [6.07, 6.45) is 0.497. The van der Waals surface area contributed by atoms with Crippen molar-refractivity contribution in [1.29, 1.82) is 0 Å². The highest BCUT2D eigenvalue weighted by Crippen LogP contribution is 2.12. The second-order valence-corrected chi connectivity index (χ2v) is 3.52. The van der Waals surface area contributed by atoms with E-state index >= 15 is 0 Å². The van der Waals surface area contributed by atoms with Crippen LogP contribution in [0.2, 0.25) is 0 Å². The molecular formula is C10H11FN4. The Kier molecular flexibility index (Phi) is 2.55. The number of rotatable bonds is 2. The van der Waals surface area contributed by atoms with Gasteiger partial charge in [0.15, 0.2) is 11.6 Å². The minimum atomic E-state index is -0.381. The van der Waals surface area contributed by atoms with E-state index in [0.29, 0.717) is 17.8 Å². The van der Waals surface area contributed by atoms with Crippen molar-refractivity contribution in [1.82, 2.24) is 15.2 Å². The standard InChI is InChI=1S/C10H11FN4/c1-6(12)5-9-13-10-7(11)3-2-4-8(10)14-15-9/h2-4,6H,5,12H2,1H3. The van der Waals surface area contributed by atoms with Crippen molar-refractivity contribution in [3.05, 3.63) is 29.8 Å². The van der Waals surface area contributed by atoms with Crippen molar-refractivity contribution in [3.63, 3.8) is 0 Å². The lowest BCUT2D eigenvalue weighted by Gasteiger charge is -2.03. The molecule has 0 fully saturated rings. The van der Waals surface area contributed by atoms with Crippen molar-refractivity contribution < 1.29 is 4.39 Å². The first-order chi connectivity index (χ1) is 7.16. The Balaban J connectivity index is 2.50. The number of nitrogens with zero attached hydrogens (tertiary/aromatic N) is 3. The SMILES string of the molecule is CC(N)Cc1nnc2cccc(F)c2n1. The highest BCUT2D eigenvalue weighted by atomic mass is 19.1. The molecule has 2 aromatic rings. The second kappa shape index (κ2) is 3.86. The monoisotopic (exact) mass is 206 g/mol. The number of nitrogens with two attached hydrogens (primary N) is 1. The quantitative estimate of drug-likeness (QED) is 0.797. The fraction of sp³-hybridized carbons (Fsp3) is 0.300. The minimum absolute atomic E-state index is 0.0592. The van der Waals surface area contributed by atoms with Crippen LogP contribution in [0, 0.1) is 5.82 Å². The molecule has 0 aliphatic rings. The second-order valence-electron chi connectivity index (χ2n) is 3.52. The number of fused-ring (bicyclic) bond motifs is 1. The summed E-state index contributed by atoms with van der Waals surface area (Å²) in [5, 5.41) is 7.77. The van der Waals surface area contributed by atoms with Gasteiger partial charge in [-0.05, 0) is 19.1 Å². The third-order valence-electron chi connectivity index (χ3n) is 1.98. The Morgan fingerprint density at radius 3 is 2.93 bits per heavy atom. The molecule has 0 amide bonds. The van der Waals surface area contributed by atoms with Crippen molar-refractivity contribution in [2.24, 2.45) is 5.73 Å². The van der Waals surface area contributed by atoms with E-state index in [1.54, 1.807) is 12.1 Å². The van der Waals surface area contributed by atoms with Crippen molar-refractivity contribution in [2.45, 2.75) is 19.4 Å². The van der Waals surface area contributed by atoms with E-state index in [9.17, 15) is 4.39 Å². The lowest BCUT2D eigenvalue weighted by molar-refractivity contribution is 0.631. The molecule has 1 aromatic heterocycles. The predicted molar refractivity (Wildman–Crippen MR) is 54.6 cm³/mol. The van der Waals surface area contributed by atoms with Crippen LogP contribution in [0.4, 0.5) is 4.39 Å². The molecule has 15 heavy (non-hydrogen) atoms.